The quantitative estimate of drug-likeness (QED) is 0.0651. The summed E-state index contributed by atoms with van der Waals surface area (Å²) in [6, 6.07) is 0. The maximum absolute atomic E-state index is 12.8. The summed E-state index contributed by atoms with van der Waals surface area (Å²) >= 11 is 0. The number of aliphatic hydroxyl groups is 14. The fraction of sp³-hybridized carbons (Fsp3) is 0.962. The van der Waals surface area contributed by atoms with Gasteiger partial charge in [-0.2, -0.15) is 0 Å². The fourth-order valence-corrected chi connectivity index (χ4v) is 16.0. The molecule has 0 bridgehead atoms. The zero-order chi connectivity index (χ0) is 55.1. The Hall–Kier alpha value is -1.14. The molecule has 8 fully saturated rings. The normalized spacial score (nSPS) is 52.7. The summed E-state index contributed by atoms with van der Waals surface area (Å²) in [5.41, 5.74) is -1.48. The molecule has 29 atom stereocenters. The second-order valence-electron chi connectivity index (χ2n) is 25.3. The zero-order valence-corrected chi connectivity index (χ0v) is 44.7. The van der Waals surface area contributed by atoms with Crippen LogP contribution in [-0.4, -0.2) is 232 Å². The molecule has 8 rings (SSSR count). The molecular formula is C53H90O22. The van der Waals surface area contributed by atoms with Crippen LogP contribution < -0.4 is 0 Å². The minimum absolute atomic E-state index is 0.0508. The van der Waals surface area contributed by atoms with E-state index in [4.69, 9.17) is 37.9 Å². The van der Waals surface area contributed by atoms with Gasteiger partial charge in [0.05, 0.1) is 44.2 Å². The van der Waals surface area contributed by atoms with Crippen molar-refractivity contribution >= 4 is 0 Å². The Labute approximate surface area is 439 Å². The van der Waals surface area contributed by atoms with Gasteiger partial charge in [-0.15, -0.1) is 0 Å². The highest BCUT2D eigenvalue weighted by atomic mass is 16.8. The Morgan fingerprint density at radius 3 is 1.80 bits per heavy atom. The number of rotatable bonds is 15. The lowest BCUT2D eigenvalue weighted by atomic mass is 9.35. The van der Waals surface area contributed by atoms with Crippen LogP contribution in [0.1, 0.15) is 113 Å². The molecule has 75 heavy (non-hydrogen) atoms. The minimum Gasteiger partial charge on any atom is -0.394 e. The highest BCUT2D eigenvalue weighted by Crippen LogP contribution is 2.76. The van der Waals surface area contributed by atoms with Crippen LogP contribution >= 0.6 is 0 Å². The molecule has 0 amide bonds. The van der Waals surface area contributed by atoms with Crippen molar-refractivity contribution in [2.75, 3.05) is 26.4 Å². The Balaban J connectivity index is 1.01. The van der Waals surface area contributed by atoms with Crippen molar-refractivity contribution in [3.8, 4) is 0 Å². The summed E-state index contributed by atoms with van der Waals surface area (Å²) in [4.78, 5) is 0. The van der Waals surface area contributed by atoms with E-state index < -0.39 is 165 Å². The monoisotopic (exact) mass is 1080 g/mol. The molecule has 4 saturated heterocycles. The summed E-state index contributed by atoms with van der Waals surface area (Å²) in [5.74, 6) is -0.395. The fourth-order valence-electron chi connectivity index (χ4n) is 16.0. The molecule has 14 N–H and O–H groups in total. The SMILES string of the molecule is CC(C)=CCC[C@](C)(O[C@H]1O[C@H](CO[C@H]2OC[C@@H](O)[C@H](O)[C@H]2O)[C@@H](O)[C@H](O)[C@H]1O)[C@H]1CC[C@]2(C)[C@@H]1[C@H](O)C[C@@H]1[C@@]3(C)CC[C@H](O[C@H]4O[C@@H](CO)[C@H](O)[C@@H](O)[C@@H]4O[C@H]4O[C@@H](CO)[C@H](O)[C@@H](O)[C@@H]4O)C(C)(C)[C@H]3CC[C@]12C. The first-order valence-corrected chi connectivity index (χ1v) is 27.3. The van der Waals surface area contributed by atoms with Gasteiger partial charge in [0.25, 0.3) is 0 Å². The van der Waals surface area contributed by atoms with E-state index >= 15 is 0 Å². The number of hydrogen-bond acceptors (Lipinski definition) is 22. The standard InChI is InChI=1S/C53H90O22/c1-23(2)10-9-14-53(8,75-47-43(67)39(63)37(61)29(72-47)22-69-45-41(65)34(58)26(57)21-68-45)24-11-16-52(7)33(24)25(56)18-31-50(5)15-13-32(49(3,4)30(50)12-17-51(31,52)6)73-48-44(40(64)36(60)28(20-55)71-48)74-46-42(66)38(62)35(59)27(19-54)70-46/h10,24-48,54-67H,9,11-22H2,1-8H3/t24-,25+,26+,27-,28-,29+,30+,31+,32-,33-,34-,35-,36-,37+,38+,39-,40+,41+,42-,43+,44-,45+,46+,47+,48+,50-,51+,52+,53-/m0/s1. The molecule has 0 radical (unpaired) electrons. The lowest BCUT2D eigenvalue weighted by Crippen LogP contribution is -2.68. The van der Waals surface area contributed by atoms with Crippen molar-refractivity contribution < 1.29 is 109 Å². The van der Waals surface area contributed by atoms with Gasteiger partial charge in [0.15, 0.2) is 25.2 Å². The highest BCUT2D eigenvalue weighted by Gasteiger charge is 2.72. The van der Waals surface area contributed by atoms with Crippen LogP contribution in [0.5, 0.6) is 0 Å². The van der Waals surface area contributed by atoms with Crippen LogP contribution in [0.15, 0.2) is 11.6 Å². The van der Waals surface area contributed by atoms with Crippen molar-refractivity contribution in [3.63, 3.8) is 0 Å². The maximum Gasteiger partial charge on any atom is 0.187 e. The van der Waals surface area contributed by atoms with Crippen molar-refractivity contribution in [2.45, 2.75) is 248 Å². The van der Waals surface area contributed by atoms with Crippen molar-refractivity contribution in [3.05, 3.63) is 11.6 Å². The molecule has 4 aliphatic heterocycles. The van der Waals surface area contributed by atoms with Crippen LogP contribution in [0.3, 0.4) is 0 Å². The first-order chi connectivity index (χ1) is 35.1. The van der Waals surface area contributed by atoms with Gasteiger partial charge < -0.3 is 109 Å². The van der Waals surface area contributed by atoms with Crippen LogP contribution in [0, 0.1) is 45.3 Å². The summed E-state index contributed by atoms with van der Waals surface area (Å²) in [6.45, 7) is 15.1. The Morgan fingerprint density at radius 1 is 0.587 bits per heavy atom. The summed E-state index contributed by atoms with van der Waals surface area (Å²) < 4.78 is 48.8. The van der Waals surface area contributed by atoms with Gasteiger partial charge >= 0.3 is 0 Å². The second-order valence-corrected chi connectivity index (χ2v) is 25.3. The minimum atomic E-state index is -1.81. The van der Waals surface area contributed by atoms with E-state index in [1.165, 1.54) is 0 Å². The Morgan fingerprint density at radius 2 is 1.16 bits per heavy atom. The molecule has 4 saturated carbocycles. The largest absolute Gasteiger partial charge is 0.394 e. The molecule has 0 spiro atoms. The van der Waals surface area contributed by atoms with E-state index in [1.807, 2.05) is 20.8 Å². The third-order valence-electron chi connectivity index (χ3n) is 20.5. The average Bonchev–Trinajstić information content (AvgIpc) is 3.75. The lowest BCUT2D eigenvalue weighted by Gasteiger charge is -2.71. The van der Waals surface area contributed by atoms with Gasteiger partial charge in [-0.25, -0.2) is 0 Å². The van der Waals surface area contributed by atoms with E-state index in [0.29, 0.717) is 38.5 Å². The maximum atomic E-state index is 12.8. The molecule has 4 heterocycles. The van der Waals surface area contributed by atoms with E-state index in [-0.39, 0.29) is 41.1 Å². The molecule has 8 aliphatic rings. The predicted molar refractivity (Wildman–Crippen MR) is 260 cm³/mol. The molecule has 0 aromatic heterocycles. The van der Waals surface area contributed by atoms with Crippen LogP contribution in [0.2, 0.25) is 0 Å². The van der Waals surface area contributed by atoms with Crippen molar-refractivity contribution in [1.82, 2.24) is 0 Å². The van der Waals surface area contributed by atoms with E-state index in [1.54, 1.807) is 0 Å². The van der Waals surface area contributed by atoms with E-state index in [2.05, 4.69) is 40.7 Å². The molecule has 0 unspecified atom stereocenters. The first kappa shape index (κ1) is 60.0. The topological polar surface area (TPSA) is 357 Å². The lowest BCUT2D eigenvalue weighted by molar-refractivity contribution is -0.378. The van der Waals surface area contributed by atoms with Crippen LogP contribution in [0.4, 0.5) is 0 Å². The number of ether oxygens (including phenoxy) is 8. The Kier molecular flexibility index (Phi) is 18.1. The summed E-state index contributed by atoms with van der Waals surface area (Å²) in [7, 11) is 0. The van der Waals surface area contributed by atoms with Gasteiger partial charge in [0, 0.05) is 0 Å². The van der Waals surface area contributed by atoms with E-state index in [0.717, 1.165) is 24.8 Å². The van der Waals surface area contributed by atoms with Gasteiger partial charge in [-0.1, -0.05) is 46.3 Å². The molecule has 0 aromatic carbocycles. The van der Waals surface area contributed by atoms with Gasteiger partial charge in [0.2, 0.25) is 0 Å². The average molecular weight is 1080 g/mol. The third kappa shape index (κ3) is 10.6. The number of fused-ring (bicyclic) bond motifs is 5. The second kappa shape index (κ2) is 22.7. The number of allylic oxidation sites excluding steroid dienone is 2. The van der Waals surface area contributed by atoms with Crippen molar-refractivity contribution in [2.24, 2.45) is 45.3 Å². The molecule has 22 heteroatoms. The molecular weight excluding hydrogens is 989 g/mol. The Bertz CT molecular complexity index is 1940. The van der Waals surface area contributed by atoms with Gasteiger partial charge in [0.1, 0.15) is 91.6 Å². The predicted octanol–water partition coefficient (Wildman–Crippen LogP) is -1.56. The van der Waals surface area contributed by atoms with Crippen LogP contribution in [-0.2, 0) is 37.9 Å². The van der Waals surface area contributed by atoms with Gasteiger partial charge in [-0.05, 0) is 124 Å². The molecule has 434 valence electrons. The van der Waals surface area contributed by atoms with Gasteiger partial charge in [-0.3, -0.25) is 0 Å². The highest BCUT2D eigenvalue weighted by molar-refractivity contribution is 5.20. The number of aliphatic hydroxyl groups excluding tert-OH is 14. The summed E-state index contributed by atoms with van der Waals surface area (Å²) in [6.07, 6.45) is -22.6. The first-order valence-electron chi connectivity index (χ1n) is 27.3. The smallest absolute Gasteiger partial charge is 0.187 e. The van der Waals surface area contributed by atoms with E-state index in [9.17, 15) is 71.5 Å². The molecule has 22 nitrogen and oxygen atoms in total. The number of hydrogen-bond donors (Lipinski definition) is 14. The molecule has 0 aromatic rings. The third-order valence-corrected chi connectivity index (χ3v) is 20.5. The van der Waals surface area contributed by atoms with Crippen molar-refractivity contribution in [1.29, 1.82) is 0 Å². The zero-order valence-electron chi connectivity index (χ0n) is 44.7. The summed E-state index contributed by atoms with van der Waals surface area (Å²) in [5, 5.41) is 151. The molecule has 4 aliphatic carbocycles. The van der Waals surface area contributed by atoms with Crippen LogP contribution in [0.25, 0.3) is 0 Å².